The number of hydrogen-bond donors (Lipinski definition) is 0. The topological polar surface area (TPSA) is 29.4 Å². The Kier molecular flexibility index (Phi) is 4.94. The highest BCUT2D eigenvalue weighted by atomic mass is 79.9. The molecule has 0 fully saturated rings. The van der Waals surface area contributed by atoms with Gasteiger partial charge in [0.25, 0.3) is 0 Å². The first kappa shape index (κ1) is 15.6. The van der Waals surface area contributed by atoms with Gasteiger partial charge in [-0.3, -0.25) is 0 Å². The third kappa shape index (κ3) is 3.87. The lowest BCUT2D eigenvalue weighted by Gasteiger charge is -2.15. The van der Waals surface area contributed by atoms with Crippen molar-refractivity contribution in [2.75, 3.05) is 0 Å². The van der Waals surface area contributed by atoms with E-state index in [4.69, 9.17) is 0 Å². The third-order valence-electron chi connectivity index (χ3n) is 2.59. The van der Waals surface area contributed by atoms with Gasteiger partial charge in [-0.15, -0.1) is 0 Å². The van der Waals surface area contributed by atoms with E-state index in [1.165, 1.54) is 0 Å². The van der Waals surface area contributed by atoms with Crippen molar-refractivity contribution in [1.82, 2.24) is 0 Å². The minimum Gasteiger partial charge on any atom is -0.234 e. The summed E-state index contributed by atoms with van der Waals surface area (Å²) in [5.74, 6) is 0. The minimum absolute atomic E-state index is 0.368. The van der Waals surface area contributed by atoms with Gasteiger partial charge in [0.2, 0.25) is 0 Å². The SMILES string of the molecule is CC(C)(C)S(=O)N=C(c1ccsc1)c1cccc(Br)c1. The second-order valence-corrected chi connectivity index (χ2v) is 8.93. The summed E-state index contributed by atoms with van der Waals surface area (Å²) in [6.45, 7) is 5.79. The molecule has 2 aromatic rings. The summed E-state index contributed by atoms with van der Waals surface area (Å²) in [5.41, 5.74) is 2.75. The van der Waals surface area contributed by atoms with Gasteiger partial charge in [0, 0.05) is 21.0 Å². The predicted molar refractivity (Wildman–Crippen MR) is 92.0 cm³/mol. The van der Waals surface area contributed by atoms with Gasteiger partial charge in [-0.25, -0.2) is 4.21 Å². The van der Waals surface area contributed by atoms with E-state index in [-0.39, 0.29) is 4.75 Å². The number of nitrogens with zero attached hydrogens (tertiary/aromatic N) is 1. The molecule has 0 aliphatic heterocycles. The van der Waals surface area contributed by atoms with E-state index in [2.05, 4.69) is 20.3 Å². The smallest absolute Gasteiger partial charge is 0.145 e. The summed E-state index contributed by atoms with van der Waals surface area (Å²) in [6.07, 6.45) is 0. The number of hydrogen-bond acceptors (Lipinski definition) is 2. The zero-order valence-corrected chi connectivity index (χ0v) is 14.8. The first-order valence-corrected chi connectivity index (χ1v) is 9.01. The van der Waals surface area contributed by atoms with E-state index in [1.807, 2.05) is 61.9 Å². The first-order valence-electron chi connectivity index (χ1n) is 6.17. The lowest BCUT2D eigenvalue weighted by molar-refractivity contribution is 0.650. The maximum absolute atomic E-state index is 12.3. The van der Waals surface area contributed by atoms with Gasteiger partial charge in [0.15, 0.2) is 0 Å². The van der Waals surface area contributed by atoms with Crippen molar-refractivity contribution in [1.29, 1.82) is 0 Å². The van der Waals surface area contributed by atoms with Gasteiger partial charge < -0.3 is 0 Å². The van der Waals surface area contributed by atoms with Gasteiger partial charge in [-0.2, -0.15) is 15.7 Å². The monoisotopic (exact) mass is 369 g/mol. The number of benzene rings is 1. The molecule has 0 saturated carbocycles. The predicted octanol–water partition coefficient (Wildman–Crippen LogP) is 4.81. The quantitative estimate of drug-likeness (QED) is 0.713. The Morgan fingerprint density at radius 3 is 2.55 bits per heavy atom. The molecule has 0 bridgehead atoms. The molecule has 0 spiro atoms. The van der Waals surface area contributed by atoms with Crippen molar-refractivity contribution in [3.05, 3.63) is 56.7 Å². The summed E-state index contributed by atoms with van der Waals surface area (Å²) >= 11 is 5.08. The van der Waals surface area contributed by atoms with Crippen molar-refractivity contribution in [3.8, 4) is 0 Å². The van der Waals surface area contributed by atoms with Crippen molar-refractivity contribution in [2.45, 2.75) is 25.5 Å². The third-order valence-corrected chi connectivity index (χ3v) is 5.16. The van der Waals surface area contributed by atoms with Gasteiger partial charge in [-0.1, -0.05) is 28.1 Å². The molecule has 1 heterocycles. The van der Waals surface area contributed by atoms with Crippen molar-refractivity contribution >= 4 is 44.0 Å². The highest BCUT2D eigenvalue weighted by Crippen LogP contribution is 2.21. The van der Waals surface area contributed by atoms with Crippen molar-refractivity contribution in [2.24, 2.45) is 4.40 Å². The van der Waals surface area contributed by atoms with Gasteiger partial charge in [-0.05, 0) is 44.4 Å². The molecule has 0 aliphatic rings. The zero-order chi connectivity index (χ0) is 14.8. The van der Waals surface area contributed by atoms with E-state index < -0.39 is 11.0 Å². The van der Waals surface area contributed by atoms with Crippen LogP contribution in [0.2, 0.25) is 0 Å². The number of halogens is 1. The zero-order valence-electron chi connectivity index (χ0n) is 11.6. The molecule has 0 radical (unpaired) electrons. The molecule has 2 rings (SSSR count). The molecule has 1 aromatic carbocycles. The Morgan fingerprint density at radius 1 is 1.25 bits per heavy atom. The molecule has 1 atom stereocenters. The largest absolute Gasteiger partial charge is 0.234 e. The first-order chi connectivity index (χ1) is 9.38. The van der Waals surface area contributed by atoms with Crippen molar-refractivity contribution in [3.63, 3.8) is 0 Å². The Bertz CT molecular complexity index is 642. The summed E-state index contributed by atoms with van der Waals surface area (Å²) in [4.78, 5) is 0. The van der Waals surface area contributed by atoms with E-state index in [0.717, 1.165) is 21.3 Å². The average molecular weight is 370 g/mol. The number of thiophene rings is 1. The number of rotatable bonds is 3. The average Bonchev–Trinajstić information content (AvgIpc) is 2.88. The van der Waals surface area contributed by atoms with Gasteiger partial charge in [0.1, 0.15) is 11.0 Å². The van der Waals surface area contributed by atoms with E-state index >= 15 is 0 Å². The molecule has 20 heavy (non-hydrogen) atoms. The molecule has 0 aliphatic carbocycles. The second-order valence-electron chi connectivity index (χ2n) is 5.32. The van der Waals surface area contributed by atoms with Crippen molar-refractivity contribution < 1.29 is 4.21 Å². The van der Waals surface area contributed by atoms with Crippen LogP contribution in [-0.2, 0) is 11.0 Å². The molecule has 1 unspecified atom stereocenters. The fraction of sp³-hybridized carbons (Fsp3) is 0.267. The Morgan fingerprint density at radius 2 is 2.00 bits per heavy atom. The highest BCUT2D eigenvalue weighted by molar-refractivity contribution is 9.10. The Labute approximate surface area is 134 Å². The molecular weight excluding hydrogens is 354 g/mol. The molecule has 1 aromatic heterocycles. The van der Waals surface area contributed by atoms with Crippen LogP contribution < -0.4 is 0 Å². The van der Waals surface area contributed by atoms with E-state index in [1.54, 1.807) is 11.3 Å². The van der Waals surface area contributed by atoms with E-state index in [0.29, 0.717) is 0 Å². The molecular formula is C15H16BrNOS2. The van der Waals surface area contributed by atoms with Crippen LogP contribution >= 0.6 is 27.3 Å². The van der Waals surface area contributed by atoms with Crippen LogP contribution in [0.25, 0.3) is 0 Å². The molecule has 0 saturated heterocycles. The normalized spacial score (nSPS) is 14.3. The molecule has 0 amide bonds. The standard InChI is InChI=1S/C15H16BrNOS2/c1-15(2,3)20(18)17-14(12-7-8-19-10-12)11-5-4-6-13(16)9-11/h4-10H,1-3H3. The highest BCUT2D eigenvalue weighted by Gasteiger charge is 2.21. The lowest BCUT2D eigenvalue weighted by Crippen LogP contribution is -2.21. The van der Waals surface area contributed by atoms with Gasteiger partial charge in [0.05, 0.1) is 10.5 Å². The van der Waals surface area contributed by atoms with Crippen LogP contribution in [0.15, 0.2) is 50.0 Å². The second kappa shape index (κ2) is 6.33. The minimum atomic E-state index is -1.28. The summed E-state index contributed by atoms with van der Waals surface area (Å²) in [5, 5.41) is 4.03. The summed E-state index contributed by atoms with van der Waals surface area (Å²) in [6, 6.07) is 9.92. The summed E-state index contributed by atoms with van der Waals surface area (Å²) in [7, 11) is -1.28. The van der Waals surface area contributed by atoms with Crippen LogP contribution in [0.4, 0.5) is 0 Å². The van der Waals surface area contributed by atoms with Crippen LogP contribution in [-0.4, -0.2) is 14.7 Å². The molecule has 2 nitrogen and oxygen atoms in total. The fourth-order valence-electron chi connectivity index (χ4n) is 1.53. The fourth-order valence-corrected chi connectivity index (χ4v) is 3.22. The van der Waals surface area contributed by atoms with Crippen LogP contribution in [0.3, 0.4) is 0 Å². The van der Waals surface area contributed by atoms with Gasteiger partial charge >= 0.3 is 0 Å². The summed E-state index contributed by atoms with van der Waals surface area (Å²) < 4.78 is 17.4. The Hall–Kier alpha value is -0.780. The maximum atomic E-state index is 12.3. The molecule has 0 N–H and O–H groups in total. The van der Waals surface area contributed by atoms with E-state index in [9.17, 15) is 4.21 Å². The lowest BCUT2D eigenvalue weighted by atomic mass is 10.1. The molecule has 106 valence electrons. The van der Waals surface area contributed by atoms with Crippen LogP contribution in [0.5, 0.6) is 0 Å². The van der Waals surface area contributed by atoms with Crippen LogP contribution in [0.1, 0.15) is 31.9 Å². The molecule has 5 heteroatoms. The van der Waals surface area contributed by atoms with Crippen LogP contribution in [0, 0.1) is 0 Å². The maximum Gasteiger partial charge on any atom is 0.145 e. The Balaban J connectivity index is 2.52.